The molecule has 94 valence electrons. The summed E-state index contributed by atoms with van der Waals surface area (Å²) in [5.74, 6) is 0. The molecule has 0 spiro atoms. The van der Waals surface area contributed by atoms with Crippen molar-refractivity contribution < 1.29 is 0 Å². The fourth-order valence-corrected chi connectivity index (χ4v) is 2.79. The summed E-state index contributed by atoms with van der Waals surface area (Å²) >= 11 is 0. The second kappa shape index (κ2) is 4.36. The molecule has 1 aromatic carbocycles. The van der Waals surface area contributed by atoms with E-state index in [2.05, 4.69) is 48.4 Å². The summed E-state index contributed by atoms with van der Waals surface area (Å²) in [6.07, 6.45) is 6.62. The molecule has 1 saturated carbocycles. The van der Waals surface area contributed by atoms with Crippen molar-refractivity contribution in [3.8, 4) is 0 Å². The van der Waals surface area contributed by atoms with Crippen molar-refractivity contribution in [1.82, 2.24) is 10.3 Å². The summed E-state index contributed by atoms with van der Waals surface area (Å²) in [6, 6.07) is 8.98. The Morgan fingerprint density at radius 3 is 2.78 bits per heavy atom. The Hall–Kier alpha value is -1.41. The van der Waals surface area contributed by atoms with Crippen LogP contribution < -0.4 is 5.32 Å². The molecule has 1 unspecified atom stereocenters. The van der Waals surface area contributed by atoms with Crippen molar-refractivity contribution in [3.05, 3.63) is 42.2 Å². The first-order chi connectivity index (χ1) is 8.74. The van der Waals surface area contributed by atoms with Gasteiger partial charge in [0.25, 0.3) is 0 Å². The molecule has 2 nitrogen and oxygen atoms in total. The highest BCUT2D eigenvalue weighted by Crippen LogP contribution is 2.55. The number of fused-ring (bicyclic) bond motifs is 1. The third kappa shape index (κ3) is 1.91. The van der Waals surface area contributed by atoms with Gasteiger partial charge in [-0.05, 0) is 35.8 Å². The molecule has 2 heteroatoms. The number of hydrogen-bond donors (Lipinski definition) is 1. The van der Waals surface area contributed by atoms with Crippen LogP contribution in [0.25, 0.3) is 10.8 Å². The van der Waals surface area contributed by atoms with Crippen LogP contribution in [-0.4, -0.2) is 11.5 Å². The molecule has 1 heterocycles. The quantitative estimate of drug-likeness (QED) is 0.881. The second-order valence-electron chi connectivity index (χ2n) is 5.59. The van der Waals surface area contributed by atoms with E-state index in [0.29, 0.717) is 11.5 Å². The van der Waals surface area contributed by atoms with Gasteiger partial charge in [-0.25, -0.2) is 0 Å². The van der Waals surface area contributed by atoms with Crippen molar-refractivity contribution in [1.29, 1.82) is 0 Å². The molecule has 1 aliphatic rings. The molecule has 0 radical (unpaired) electrons. The summed E-state index contributed by atoms with van der Waals surface area (Å²) in [7, 11) is 0. The van der Waals surface area contributed by atoms with Crippen LogP contribution in [0.15, 0.2) is 36.7 Å². The Bertz CT molecular complexity index is 553. The van der Waals surface area contributed by atoms with Gasteiger partial charge in [0.2, 0.25) is 0 Å². The second-order valence-corrected chi connectivity index (χ2v) is 5.59. The van der Waals surface area contributed by atoms with E-state index >= 15 is 0 Å². The summed E-state index contributed by atoms with van der Waals surface area (Å²) in [5.41, 5.74) is 1.77. The number of rotatable bonds is 4. The summed E-state index contributed by atoms with van der Waals surface area (Å²) in [6.45, 7) is 5.56. The van der Waals surface area contributed by atoms with Gasteiger partial charge in [0, 0.05) is 23.8 Å². The number of pyridine rings is 1. The van der Waals surface area contributed by atoms with Crippen molar-refractivity contribution in [2.75, 3.05) is 6.54 Å². The van der Waals surface area contributed by atoms with Crippen molar-refractivity contribution in [2.24, 2.45) is 5.41 Å². The van der Waals surface area contributed by atoms with Gasteiger partial charge >= 0.3 is 0 Å². The Kier molecular flexibility index (Phi) is 2.83. The zero-order chi connectivity index (χ0) is 12.6. The molecule has 1 aromatic heterocycles. The van der Waals surface area contributed by atoms with E-state index in [1.807, 2.05) is 12.4 Å². The van der Waals surface area contributed by atoms with Crippen LogP contribution in [0.5, 0.6) is 0 Å². The zero-order valence-corrected chi connectivity index (χ0v) is 11.1. The van der Waals surface area contributed by atoms with E-state index in [4.69, 9.17) is 0 Å². The monoisotopic (exact) mass is 240 g/mol. The first-order valence-electron chi connectivity index (χ1n) is 6.80. The lowest BCUT2D eigenvalue weighted by Crippen LogP contribution is -2.28. The number of hydrogen-bond acceptors (Lipinski definition) is 2. The Morgan fingerprint density at radius 2 is 2.06 bits per heavy atom. The molecule has 3 rings (SSSR count). The topological polar surface area (TPSA) is 24.9 Å². The highest BCUT2D eigenvalue weighted by Gasteiger charge is 2.45. The molecular weight excluding hydrogens is 220 g/mol. The molecule has 0 amide bonds. The van der Waals surface area contributed by atoms with E-state index in [-0.39, 0.29) is 0 Å². The van der Waals surface area contributed by atoms with Crippen LogP contribution in [0.4, 0.5) is 0 Å². The van der Waals surface area contributed by atoms with Gasteiger partial charge in [-0.15, -0.1) is 0 Å². The third-order valence-electron chi connectivity index (χ3n) is 4.15. The maximum Gasteiger partial charge on any atom is 0.0396 e. The van der Waals surface area contributed by atoms with Crippen molar-refractivity contribution >= 4 is 10.8 Å². The fourth-order valence-electron chi connectivity index (χ4n) is 2.79. The fraction of sp³-hybridized carbons (Fsp3) is 0.438. The Balaban J connectivity index is 2.11. The van der Waals surface area contributed by atoms with Gasteiger partial charge < -0.3 is 5.32 Å². The highest BCUT2D eigenvalue weighted by atomic mass is 14.9. The van der Waals surface area contributed by atoms with Gasteiger partial charge in [-0.3, -0.25) is 4.98 Å². The lowest BCUT2D eigenvalue weighted by atomic mass is 9.90. The van der Waals surface area contributed by atoms with E-state index in [0.717, 1.165) is 6.54 Å². The zero-order valence-electron chi connectivity index (χ0n) is 11.1. The minimum Gasteiger partial charge on any atom is -0.310 e. The van der Waals surface area contributed by atoms with Crippen LogP contribution in [-0.2, 0) is 0 Å². The molecule has 2 aromatic rings. The highest BCUT2D eigenvalue weighted by molar-refractivity contribution is 5.85. The SMILES string of the molecule is CCNC(c1cncc2ccccc12)C1(C)CC1. The smallest absolute Gasteiger partial charge is 0.0396 e. The largest absolute Gasteiger partial charge is 0.310 e. The van der Waals surface area contributed by atoms with Crippen LogP contribution in [0.2, 0.25) is 0 Å². The van der Waals surface area contributed by atoms with Gasteiger partial charge in [0.1, 0.15) is 0 Å². The van der Waals surface area contributed by atoms with E-state index in [1.165, 1.54) is 29.2 Å². The first-order valence-corrected chi connectivity index (χ1v) is 6.80. The van der Waals surface area contributed by atoms with Crippen LogP contribution in [0, 0.1) is 5.41 Å². The van der Waals surface area contributed by atoms with Gasteiger partial charge in [0.05, 0.1) is 0 Å². The lowest BCUT2D eigenvalue weighted by Gasteiger charge is -2.26. The van der Waals surface area contributed by atoms with Gasteiger partial charge in [-0.1, -0.05) is 38.1 Å². The molecular formula is C16H20N2. The van der Waals surface area contributed by atoms with Crippen molar-refractivity contribution in [3.63, 3.8) is 0 Å². The van der Waals surface area contributed by atoms with Crippen LogP contribution in [0.3, 0.4) is 0 Å². The maximum absolute atomic E-state index is 4.42. The number of nitrogens with zero attached hydrogens (tertiary/aromatic N) is 1. The Labute approximate surface area is 108 Å². The molecule has 0 saturated heterocycles. The van der Waals surface area contributed by atoms with Gasteiger partial charge in [0.15, 0.2) is 0 Å². The molecule has 1 aliphatic carbocycles. The van der Waals surface area contributed by atoms with E-state index < -0.39 is 0 Å². The standard InChI is InChI=1S/C16H20N2/c1-3-18-15(16(2)8-9-16)14-11-17-10-12-6-4-5-7-13(12)14/h4-7,10-11,15,18H,3,8-9H2,1-2H3. The number of benzene rings is 1. The third-order valence-corrected chi connectivity index (χ3v) is 4.15. The molecule has 1 N–H and O–H groups in total. The summed E-state index contributed by atoms with van der Waals surface area (Å²) in [4.78, 5) is 4.42. The predicted molar refractivity (Wildman–Crippen MR) is 75.5 cm³/mol. The summed E-state index contributed by atoms with van der Waals surface area (Å²) < 4.78 is 0. The average molecular weight is 240 g/mol. The first kappa shape index (κ1) is 11.7. The van der Waals surface area contributed by atoms with E-state index in [9.17, 15) is 0 Å². The summed E-state index contributed by atoms with van der Waals surface area (Å²) in [5, 5.41) is 6.23. The molecule has 0 aliphatic heterocycles. The number of aromatic nitrogens is 1. The minimum atomic E-state index is 0.418. The Morgan fingerprint density at radius 1 is 1.28 bits per heavy atom. The van der Waals surface area contributed by atoms with E-state index in [1.54, 1.807) is 0 Å². The van der Waals surface area contributed by atoms with Crippen LogP contribution in [0.1, 0.15) is 38.3 Å². The minimum absolute atomic E-state index is 0.418. The van der Waals surface area contributed by atoms with Gasteiger partial charge in [-0.2, -0.15) is 0 Å². The molecule has 0 bridgehead atoms. The predicted octanol–water partition coefficient (Wildman–Crippen LogP) is 3.69. The number of nitrogens with one attached hydrogen (secondary N) is 1. The normalized spacial score (nSPS) is 18.8. The van der Waals surface area contributed by atoms with Crippen LogP contribution >= 0.6 is 0 Å². The maximum atomic E-state index is 4.42. The molecule has 1 atom stereocenters. The van der Waals surface area contributed by atoms with Crippen molar-refractivity contribution in [2.45, 2.75) is 32.7 Å². The average Bonchev–Trinajstić information content (AvgIpc) is 3.14. The molecule has 18 heavy (non-hydrogen) atoms. The molecule has 1 fully saturated rings. The lowest BCUT2D eigenvalue weighted by molar-refractivity contribution is 0.375.